The van der Waals surface area contributed by atoms with Crippen molar-refractivity contribution in [3.63, 3.8) is 0 Å². The van der Waals surface area contributed by atoms with Gasteiger partial charge in [-0.15, -0.1) is 0 Å². The van der Waals surface area contributed by atoms with Crippen LogP contribution in [0.25, 0.3) is 0 Å². The molecule has 4 fully saturated rings. The monoisotopic (exact) mass is 192 g/mol. The molecule has 0 aromatic rings. The van der Waals surface area contributed by atoms with E-state index in [4.69, 9.17) is 0 Å². The topological polar surface area (TPSA) is 15.3 Å². The van der Waals surface area contributed by atoms with Crippen LogP contribution in [0.3, 0.4) is 0 Å². The molecule has 78 valence electrons. The molecule has 0 aromatic heterocycles. The summed E-state index contributed by atoms with van der Waals surface area (Å²) in [5.41, 5.74) is 0. The van der Waals surface area contributed by atoms with Gasteiger partial charge in [-0.05, 0) is 50.0 Å². The van der Waals surface area contributed by atoms with Crippen LogP contribution in [0.2, 0.25) is 0 Å². The summed E-state index contributed by atoms with van der Waals surface area (Å²) >= 11 is 0. The first-order valence-corrected chi connectivity index (χ1v) is 6.38. The number of hydrogen-bond acceptors (Lipinski definition) is 2. The second-order valence-electron chi connectivity index (χ2n) is 5.92. The van der Waals surface area contributed by atoms with Crippen LogP contribution in [0.4, 0.5) is 0 Å². The third-order valence-electron chi connectivity index (χ3n) is 5.28. The lowest BCUT2D eigenvalue weighted by Crippen LogP contribution is -2.35. The fourth-order valence-corrected chi connectivity index (χ4v) is 4.65. The summed E-state index contributed by atoms with van der Waals surface area (Å²) < 4.78 is 0. The first-order chi connectivity index (χ1) is 6.90. The number of hydrogen-bond donors (Lipinski definition) is 1. The zero-order chi connectivity index (χ0) is 9.12. The van der Waals surface area contributed by atoms with Gasteiger partial charge in [0.15, 0.2) is 0 Å². The van der Waals surface area contributed by atoms with Crippen molar-refractivity contribution < 1.29 is 0 Å². The molecule has 2 nitrogen and oxygen atoms in total. The van der Waals surface area contributed by atoms with E-state index in [2.05, 4.69) is 10.2 Å². The molecule has 4 aliphatic heterocycles. The standard InChI is InChI=1S/C12H20N2/c1-2-12-10(5-9(1)13-12)11-7-14-4-3-8(11)6-14/h8-13H,1-7H2. The normalized spacial score (nSPS) is 60.0. The Labute approximate surface area is 86.0 Å². The lowest BCUT2D eigenvalue weighted by Gasteiger charge is -2.32. The molecule has 4 heterocycles. The van der Waals surface area contributed by atoms with Gasteiger partial charge in [0.2, 0.25) is 0 Å². The second kappa shape index (κ2) is 2.73. The van der Waals surface area contributed by atoms with Crippen LogP contribution in [-0.4, -0.2) is 36.6 Å². The molecule has 0 saturated carbocycles. The maximum absolute atomic E-state index is 3.80. The molecule has 4 bridgehead atoms. The molecule has 0 spiro atoms. The highest BCUT2D eigenvalue weighted by Crippen LogP contribution is 2.45. The van der Waals surface area contributed by atoms with Gasteiger partial charge in [-0.1, -0.05) is 0 Å². The molecule has 0 aromatic carbocycles. The Bertz CT molecular complexity index is 227. The average Bonchev–Trinajstić information content (AvgIpc) is 2.96. The van der Waals surface area contributed by atoms with Gasteiger partial charge >= 0.3 is 0 Å². The highest BCUT2D eigenvalue weighted by Gasteiger charge is 2.49. The Hall–Kier alpha value is -0.0800. The van der Waals surface area contributed by atoms with Gasteiger partial charge in [0.05, 0.1) is 0 Å². The third kappa shape index (κ3) is 0.989. The minimum absolute atomic E-state index is 0.902. The first-order valence-electron chi connectivity index (χ1n) is 6.38. The van der Waals surface area contributed by atoms with Crippen LogP contribution in [0.1, 0.15) is 25.7 Å². The van der Waals surface area contributed by atoms with E-state index in [0.29, 0.717) is 0 Å². The summed E-state index contributed by atoms with van der Waals surface area (Å²) in [5, 5.41) is 3.80. The largest absolute Gasteiger partial charge is 0.311 e. The number of nitrogens with one attached hydrogen (secondary N) is 1. The maximum atomic E-state index is 3.80. The highest BCUT2D eigenvalue weighted by molar-refractivity contribution is 5.04. The van der Waals surface area contributed by atoms with Crippen LogP contribution >= 0.6 is 0 Å². The summed E-state index contributed by atoms with van der Waals surface area (Å²) in [6.45, 7) is 4.26. The Balaban J connectivity index is 1.54. The molecule has 0 amide bonds. The van der Waals surface area contributed by atoms with E-state index in [9.17, 15) is 0 Å². The van der Waals surface area contributed by atoms with Gasteiger partial charge in [0, 0.05) is 25.2 Å². The van der Waals surface area contributed by atoms with Gasteiger partial charge in [0.1, 0.15) is 0 Å². The minimum atomic E-state index is 0.902. The zero-order valence-electron chi connectivity index (χ0n) is 8.78. The summed E-state index contributed by atoms with van der Waals surface area (Å²) in [4.78, 5) is 2.70. The molecular formula is C12H20N2. The van der Waals surface area contributed by atoms with Gasteiger partial charge in [-0.25, -0.2) is 0 Å². The van der Waals surface area contributed by atoms with Crippen molar-refractivity contribution in [1.82, 2.24) is 10.2 Å². The number of piperidine rings is 1. The van der Waals surface area contributed by atoms with Crippen molar-refractivity contribution in [3.8, 4) is 0 Å². The first kappa shape index (κ1) is 8.12. The molecule has 2 heteroatoms. The molecule has 14 heavy (non-hydrogen) atoms. The molecule has 0 aliphatic carbocycles. The van der Waals surface area contributed by atoms with E-state index in [-0.39, 0.29) is 0 Å². The molecule has 6 unspecified atom stereocenters. The van der Waals surface area contributed by atoms with Crippen molar-refractivity contribution in [2.75, 3.05) is 19.6 Å². The SMILES string of the molecule is C1CC2NC1CC2C1CN2CCC1C2. The molecule has 6 atom stereocenters. The van der Waals surface area contributed by atoms with E-state index in [1.165, 1.54) is 45.3 Å². The number of nitrogens with zero attached hydrogens (tertiary/aromatic N) is 1. The van der Waals surface area contributed by atoms with E-state index in [0.717, 1.165) is 29.8 Å². The van der Waals surface area contributed by atoms with Gasteiger partial charge in [-0.3, -0.25) is 0 Å². The molecule has 0 radical (unpaired) electrons. The lowest BCUT2D eigenvalue weighted by atomic mass is 9.74. The van der Waals surface area contributed by atoms with Crippen molar-refractivity contribution in [1.29, 1.82) is 0 Å². The van der Waals surface area contributed by atoms with Crippen LogP contribution in [-0.2, 0) is 0 Å². The zero-order valence-corrected chi connectivity index (χ0v) is 8.78. The summed E-state index contributed by atoms with van der Waals surface area (Å²) in [6.07, 6.45) is 5.93. The highest BCUT2D eigenvalue weighted by atomic mass is 15.2. The maximum Gasteiger partial charge on any atom is 0.0102 e. The average molecular weight is 192 g/mol. The van der Waals surface area contributed by atoms with Gasteiger partial charge in [0.25, 0.3) is 0 Å². The van der Waals surface area contributed by atoms with E-state index >= 15 is 0 Å². The Kier molecular flexibility index (Phi) is 1.58. The smallest absolute Gasteiger partial charge is 0.0102 e. The summed E-state index contributed by atoms with van der Waals surface area (Å²) in [7, 11) is 0. The van der Waals surface area contributed by atoms with Crippen LogP contribution in [0, 0.1) is 17.8 Å². The molecular weight excluding hydrogens is 172 g/mol. The van der Waals surface area contributed by atoms with E-state index in [1.807, 2.05) is 0 Å². The van der Waals surface area contributed by atoms with E-state index in [1.54, 1.807) is 0 Å². The van der Waals surface area contributed by atoms with Crippen molar-refractivity contribution in [2.24, 2.45) is 17.8 Å². The molecule has 4 rings (SSSR count). The lowest BCUT2D eigenvalue weighted by molar-refractivity contribution is 0.194. The number of fused-ring (bicyclic) bond motifs is 4. The summed E-state index contributed by atoms with van der Waals surface area (Å²) in [5.74, 6) is 3.18. The molecule has 4 aliphatic rings. The minimum Gasteiger partial charge on any atom is -0.311 e. The number of rotatable bonds is 1. The van der Waals surface area contributed by atoms with Gasteiger partial charge < -0.3 is 10.2 Å². The van der Waals surface area contributed by atoms with Crippen LogP contribution in [0.5, 0.6) is 0 Å². The molecule has 1 N–H and O–H groups in total. The fraction of sp³-hybridized carbons (Fsp3) is 1.00. The second-order valence-corrected chi connectivity index (χ2v) is 5.92. The quantitative estimate of drug-likeness (QED) is 0.669. The predicted molar refractivity (Wildman–Crippen MR) is 56.1 cm³/mol. The molecule has 4 saturated heterocycles. The summed E-state index contributed by atoms with van der Waals surface area (Å²) in [6, 6.07) is 1.81. The Morgan fingerprint density at radius 3 is 2.57 bits per heavy atom. The fourth-order valence-electron chi connectivity index (χ4n) is 4.65. The third-order valence-corrected chi connectivity index (χ3v) is 5.28. The van der Waals surface area contributed by atoms with Crippen LogP contribution < -0.4 is 5.32 Å². The van der Waals surface area contributed by atoms with Crippen molar-refractivity contribution >= 4 is 0 Å². The predicted octanol–water partition coefficient (Wildman–Crippen LogP) is 1.08. The Morgan fingerprint density at radius 1 is 1.00 bits per heavy atom. The van der Waals surface area contributed by atoms with E-state index < -0.39 is 0 Å². The van der Waals surface area contributed by atoms with Crippen LogP contribution in [0.15, 0.2) is 0 Å². The Morgan fingerprint density at radius 2 is 2.00 bits per heavy atom. The van der Waals surface area contributed by atoms with Crippen molar-refractivity contribution in [2.45, 2.75) is 37.8 Å². The van der Waals surface area contributed by atoms with Gasteiger partial charge in [-0.2, -0.15) is 0 Å². The van der Waals surface area contributed by atoms with Crippen molar-refractivity contribution in [3.05, 3.63) is 0 Å².